The van der Waals surface area contributed by atoms with E-state index in [9.17, 15) is 13.2 Å². The van der Waals surface area contributed by atoms with Gasteiger partial charge in [-0.2, -0.15) is 4.98 Å². The highest BCUT2D eigenvalue weighted by atomic mass is 19.2. The normalized spacial score (nSPS) is 10.5. The van der Waals surface area contributed by atoms with Crippen molar-refractivity contribution >= 4 is 23.1 Å². The second-order valence-electron chi connectivity index (χ2n) is 5.10. The largest absolute Gasteiger partial charge is 0.340 e. The Hall–Kier alpha value is -3.09. The van der Waals surface area contributed by atoms with Gasteiger partial charge in [0.1, 0.15) is 11.6 Å². The molecule has 0 fully saturated rings. The van der Waals surface area contributed by atoms with Gasteiger partial charge in [0, 0.05) is 29.2 Å². The molecule has 0 saturated heterocycles. The van der Waals surface area contributed by atoms with Gasteiger partial charge in [-0.15, -0.1) is 0 Å². The topological polar surface area (TPSA) is 49.8 Å². The number of aromatic nitrogens is 2. The number of aryl methyl sites for hydroxylation is 1. The summed E-state index contributed by atoms with van der Waals surface area (Å²) in [6.45, 7) is 1.77. The van der Waals surface area contributed by atoms with Crippen molar-refractivity contribution in [2.75, 3.05) is 10.6 Å². The average molecular weight is 330 g/mol. The Balaban J connectivity index is 1.82. The molecule has 2 aromatic carbocycles. The van der Waals surface area contributed by atoms with Crippen LogP contribution in [0.1, 0.15) is 5.69 Å². The Morgan fingerprint density at radius 3 is 2.17 bits per heavy atom. The molecule has 0 aliphatic heterocycles. The lowest BCUT2D eigenvalue weighted by Crippen LogP contribution is -2.02. The number of benzene rings is 2. The van der Waals surface area contributed by atoms with Crippen LogP contribution in [0.4, 0.5) is 36.3 Å². The van der Waals surface area contributed by atoms with E-state index in [4.69, 9.17) is 0 Å². The summed E-state index contributed by atoms with van der Waals surface area (Å²) in [7, 11) is 0. The number of hydrogen-bond donors (Lipinski definition) is 2. The zero-order valence-electron chi connectivity index (χ0n) is 12.6. The van der Waals surface area contributed by atoms with Crippen LogP contribution in [0.3, 0.4) is 0 Å². The van der Waals surface area contributed by atoms with Crippen molar-refractivity contribution in [3.05, 3.63) is 71.7 Å². The maximum Gasteiger partial charge on any atom is 0.229 e. The van der Waals surface area contributed by atoms with Crippen LogP contribution in [0, 0.1) is 24.4 Å². The minimum Gasteiger partial charge on any atom is -0.340 e. The van der Waals surface area contributed by atoms with Crippen molar-refractivity contribution in [3.63, 3.8) is 0 Å². The van der Waals surface area contributed by atoms with Gasteiger partial charge in [-0.05, 0) is 43.3 Å². The van der Waals surface area contributed by atoms with Crippen molar-refractivity contribution in [2.24, 2.45) is 0 Å². The predicted molar refractivity (Wildman–Crippen MR) is 86.1 cm³/mol. The molecule has 122 valence electrons. The summed E-state index contributed by atoms with van der Waals surface area (Å²) in [6, 6.07) is 10.9. The van der Waals surface area contributed by atoms with Gasteiger partial charge in [0.15, 0.2) is 11.6 Å². The fraction of sp³-hybridized carbons (Fsp3) is 0.0588. The fourth-order valence-corrected chi connectivity index (χ4v) is 2.07. The zero-order valence-corrected chi connectivity index (χ0v) is 12.6. The highest BCUT2D eigenvalue weighted by Gasteiger charge is 2.06. The Morgan fingerprint density at radius 1 is 0.750 bits per heavy atom. The molecule has 0 spiro atoms. The molecule has 0 amide bonds. The van der Waals surface area contributed by atoms with Gasteiger partial charge in [-0.25, -0.2) is 18.2 Å². The van der Waals surface area contributed by atoms with E-state index < -0.39 is 11.6 Å². The van der Waals surface area contributed by atoms with Crippen LogP contribution in [0.15, 0.2) is 48.5 Å². The van der Waals surface area contributed by atoms with Gasteiger partial charge < -0.3 is 10.6 Å². The lowest BCUT2D eigenvalue weighted by molar-refractivity contribution is 0.509. The molecule has 0 saturated carbocycles. The van der Waals surface area contributed by atoms with E-state index >= 15 is 0 Å². The Bertz CT molecular complexity index is 866. The molecule has 7 heteroatoms. The maximum atomic E-state index is 13.3. The smallest absolute Gasteiger partial charge is 0.229 e. The molecule has 24 heavy (non-hydrogen) atoms. The van der Waals surface area contributed by atoms with E-state index in [0.717, 1.165) is 12.1 Å². The first-order valence-electron chi connectivity index (χ1n) is 7.10. The highest BCUT2D eigenvalue weighted by Crippen LogP contribution is 2.20. The summed E-state index contributed by atoms with van der Waals surface area (Å²) in [5, 5.41) is 5.85. The molecule has 0 bridgehead atoms. The Morgan fingerprint density at radius 2 is 1.46 bits per heavy atom. The molecule has 1 aromatic heterocycles. The monoisotopic (exact) mass is 330 g/mol. The standard InChI is InChI=1S/C17H13F3N4/c1-10-8-16(22-13-6-7-14(19)15(20)9-13)24-17(21-10)23-12-4-2-11(18)3-5-12/h2-9H,1H3,(H2,21,22,23,24). The second-order valence-corrected chi connectivity index (χ2v) is 5.10. The van der Waals surface area contributed by atoms with E-state index in [0.29, 0.717) is 28.8 Å². The SMILES string of the molecule is Cc1cc(Nc2ccc(F)c(F)c2)nc(Nc2ccc(F)cc2)n1. The third kappa shape index (κ3) is 3.81. The first kappa shape index (κ1) is 15.8. The minimum absolute atomic E-state index is 0.298. The van der Waals surface area contributed by atoms with Crippen molar-refractivity contribution in [2.45, 2.75) is 6.92 Å². The summed E-state index contributed by atoms with van der Waals surface area (Å²) in [4.78, 5) is 8.49. The molecule has 0 aliphatic carbocycles. The molecule has 0 aliphatic rings. The van der Waals surface area contributed by atoms with Crippen molar-refractivity contribution in [1.82, 2.24) is 9.97 Å². The molecule has 0 radical (unpaired) electrons. The summed E-state index contributed by atoms with van der Waals surface area (Å²) < 4.78 is 39.2. The summed E-state index contributed by atoms with van der Waals surface area (Å²) >= 11 is 0. The third-order valence-electron chi connectivity index (χ3n) is 3.15. The van der Waals surface area contributed by atoms with Gasteiger partial charge in [0.2, 0.25) is 5.95 Å². The van der Waals surface area contributed by atoms with Gasteiger partial charge in [-0.3, -0.25) is 0 Å². The van der Waals surface area contributed by atoms with E-state index in [1.807, 2.05) is 0 Å². The van der Waals surface area contributed by atoms with Crippen LogP contribution in [-0.4, -0.2) is 9.97 Å². The van der Waals surface area contributed by atoms with Crippen LogP contribution < -0.4 is 10.6 Å². The fourth-order valence-electron chi connectivity index (χ4n) is 2.07. The highest BCUT2D eigenvalue weighted by molar-refractivity contribution is 5.60. The number of anilines is 4. The van der Waals surface area contributed by atoms with Crippen LogP contribution in [0.5, 0.6) is 0 Å². The van der Waals surface area contributed by atoms with Crippen molar-refractivity contribution in [1.29, 1.82) is 0 Å². The van der Waals surface area contributed by atoms with Gasteiger partial charge in [0.25, 0.3) is 0 Å². The average Bonchev–Trinajstić information content (AvgIpc) is 2.53. The quantitative estimate of drug-likeness (QED) is 0.729. The minimum atomic E-state index is -0.949. The Labute approximate surface area is 136 Å². The number of rotatable bonds is 4. The van der Waals surface area contributed by atoms with Crippen LogP contribution >= 0.6 is 0 Å². The molecule has 4 nitrogen and oxygen atoms in total. The lowest BCUT2D eigenvalue weighted by atomic mass is 10.3. The molecule has 2 N–H and O–H groups in total. The first-order chi connectivity index (χ1) is 11.5. The summed E-state index contributed by atoms with van der Waals surface area (Å²) in [5.74, 6) is -1.50. The summed E-state index contributed by atoms with van der Waals surface area (Å²) in [6.07, 6.45) is 0. The molecular formula is C17H13F3N4. The Kier molecular flexibility index (Phi) is 4.33. The van der Waals surface area contributed by atoms with E-state index in [1.54, 1.807) is 25.1 Å². The molecule has 0 atom stereocenters. The molecule has 1 heterocycles. The molecule has 3 rings (SSSR count). The molecular weight excluding hydrogens is 317 g/mol. The molecule has 3 aromatic rings. The van der Waals surface area contributed by atoms with Crippen molar-refractivity contribution in [3.8, 4) is 0 Å². The van der Waals surface area contributed by atoms with Crippen LogP contribution in [0.2, 0.25) is 0 Å². The van der Waals surface area contributed by atoms with Gasteiger partial charge >= 0.3 is 0 Å². The van der Waals surface area contributed by atoms with Crippen LogP contribution in [-0.2, 0) is 0 Å². The number of nitrogens with zero attached hydrogens (tertiary/aromatic N) is 2. The molecule has 0 unspecified atom stereocenters. The van der Waals surface area contributed by atoms with Crippen LogP contribution in [0.25, 0.3) is 0 Å². The second kappa shape index (κ2) is 6.57. The number of halogens is 3. The maximum absolute atomic E-state index is 13.3. The number of nitrogens with one attached hydrogen (secondary N) is 2. The third-order valence-corrected chi connectivity index (χ3v) is 3.15. The van der Waals surface area contributed by atoms with E-state index in [2.05, 4.69) is 20.6 Å². The van der Waals surface area contributed by atoms with Gasteiger partial charge in [0.05, 0.1) is 0 Å². The van der Waals surface area contributed by atoms with E-state index in [1.165, 1.54) is 18.2 Å². The van der Waals surface area contributed by atoms with Crippen molar-refractivity contribution < 1.29 is 13.2 Å². The van der Waals surface area contributed by atoms with Gasteiger partial charge in [-0.1, -0.05) is 0 Å². The zero-order chi connectivity index (χ0) is 17.1. The van der Waals surface area contributed by atoms with E-state index in [-0.39, 0.29) is 5.82 Å². The first-order valence-corrected chi connectivity index (χ1v) is 7.10. The lowest BCUT2D eigenvalue weighted by Gasteiger charge is -2.10. The number of hydrogen-bond acceptors (Lipinski definition) is 4. The summed E-state index contributed by atoms with van der Waals surface area (Å²) in [5.41, 5.74) is 1.65. The predicted octanol–water partition coefficient (Wildman–Crippen LogP) is 4.69.